The Balaban J connectivity index is 2.31. The molecule has 96 valence electrons. The van der Waals surface area contributed by atoms with E-state index in [-0.39, 0.29) is 5.56 Å². The second-order valence-corrected chi connectivity index (χ2v) is 4.31. The molecule has 0 saturated heterocycles. The molecule has 0 fully saturated rings. The van der Waals surface area contributed by atoms with Crippen LogP contribution in [0.25, 0.3) is 11.0 Å². The minimum Gasteiger partial charge on any atom is -0.478 e. The molecule has 0 radical (unpaired) electrons. The third-order valence-electron chi connectivity index (χ3n) is 3.14. The highest BCUT2D eigenvalue weighted by molar-refractivity contribution is 6.00. The number of imidazole rings is 1. The number of aromatic carboxylic acids is 1. The minimum absolute atomic E-state index is 0.259. The lowest BCUT2D eigenvalue weighted by Gasteiger charge is -2.14. The van der Waals surface area contributed by atoms with Crippen LogP contribution in [0.15, 0.2) is 24.5 Å². The summed E-state index contributed by atoms with van der Waals surface area (Å²) in [6, 6.07) is 5.24. The number of carboxylic acid groups (broad SMARTS) is 1. The Morgan fingerprint density at radius 1 is 1.50 bits per heavy atom. The number of carbonyl (C=O) groups is 1. The lowest BCUT2D eigenvalue weighted by atomic mass is 10.2. The molecule has 5 heteroatoms. The van der Waals surface area contributed by atoms with Gasteiger partial charge in [-0.2, -0.15) is 0 Å². The molecule has 1 aromatic carbocycles. The summed E-state index contributed by atoms with van der Waals surface area (Å²) < 4.78 is 1.99. The van der Waals surface area contributed by atoms with Crippen LogP contribution in [0.1, 0.15) is 17.3 Å². The topological polar surface area (TPSA) is 58.4 Å². The quantitative estimate of drug-likeness (QED) is 0.873. The zero-order valence-corrected chi connectivity index (χ0v) is 10.6. The number of benzene rings is 1. The lowest BCUT2D eigenvalue weighted by Crippen LogP contribution is -2.22. The van der Waals surface area contributed by atoms with Crippen molar-refractivity contribution in [1.82, 2.24) is 14.5 Å². The normalized spacial score (nSPS) is 11.3. The maximum atomic E-state index is 11.1. The molecular weight excluding hydrogens is 230 g/mol. The van der Waals surface area contributed by atoms with Crippen LogP contribution < -0.4 is 0 Å². The molecular formula is C13H17N3O2. The van der Waals surface area contributed by atoms with Crippen molar-refractivity contribution >= 4 is 17.0 Å². The van der Waals surface area contributed by atoms with Gasteiger partial charge in [0.05, 0.1) is 17.4 Å². The highest BCUT2D eigenvalue weighted by Crippen LogP contribution is 2.17. The first-order valence-electron chi connectivity index (χ1n) is 5.99. The Bertz CT molecular complexity index is 562. The molecule has 0 aliphatic rings. The van der Waals surface area contributed by atoms with Gasteiger partial charge in [0.15, 0.2) is 0 Å². The Labute approximate surface area is 106 Å². The molecule has 0 spiro atoms. The predicted octanol–water partition coefficient (Wildman–Crippen LogP) is 1.69. The van der Waals surface area contributed by atoms with Crippen molar-refractivity contribution in [3.63, 3.8) is 0 Å². The molecule has 0 atom stereocenters. The highest BCUT2D eigenvalue weighted by Gasteiger charge is 2.12. The van der Waals surface area contributed by atoms with Crippen LogP contribution in [0.4, 0.5) is 0 Å². The van der Waals surface area contributed by atoms with Crippen LogP contribution in [-0.4, -0.2) is 45.7 Å². The molecule has 0 amide bonds. The third kappa shape index (κ3) is 2.36. The number of likely N-dealkylation sites (N-methyl/N-ethyl adjacent to an activating group) is 1. The highest BCUT2D eigenvalue weighted by atomic mass is 16.4. The zero-order chi connectivity index (χ0) is 13.1. The molecule has 18 heavy (non-hydrogen) atoms. The van der Waals surface area contributed by atoms with Gasteiger partial charge in [-0.05, 0) is 25.7 Å². The fraction of sp³-hybridized carbons (Fsp3) is 0.385. The average molecular weight is 247 g/mol. The van der Waals surface area contributed by atoms with Crippen molar-refractivity contribution in [2.45, 2.75) is 13.5 Å². The number of aromatic nitrogens is 2. The Morgan fingerprint density at radius 3 is 2.94 bits per heavy atom. The van der Waals surface area contributed by atoms with Crippen LogP contribution in [0.3, 0.4) is 0 Å². The van der Waals surface area contributed by atoms with Gasteiger partial charge in [0.1, 0.15) is 5.52 Å². The predicted molar refractivity (Wildman–Crippen MR) is 69.9 cm³/mol. The maximum absolute atomic E-state index is 11.1. The molecule has 0 aliphatic heterocycles. The fourth-order valence-electron chi connectivity index (χ4n) is 1.88. The van der Waals surface area contributed by atoms with Gasteiger partial charge in [-0.1, -0.05) is 13.0 Å². The van der Waals surface area contributed by atoms with Crippen molar-refractivity contribution < 1.29 is 9.90 Å². The van der Waals surface area contributed by atoms with E-state index in [2.05, 4.69) is 23.9 Å². The van der Waals surface area contributed by atoms with Gasteiger partial charge in [-0.25, -0.2) is 9.78 Å². The Morgan fingerprint density at radius 2 is 2.28 bits per heavy atom. The number of hydrogen-bond acceptors (Lipinski definition) is 3. The van der Waals surface area contributed by atoms with Crippen molar-refractivity contribution in [2.24, 2.45) is 0 Å². The van der Waals surface area contributed by atoms with E-state index in [1.165, 1.54) is 0 Å². The van der Waals surface area contributed by atoms with E-state index in [0.717, 1.165) is 25.2 Å². The van der Waals surface area contributed by atoms with Crippen molar-refractivity contribution in [3.05, 3.63) is 30.1 Å². The molecule has 0 unspecified atom stereocenters. The van der Waals surface area contributed by atoms with E-state index in [1.54, 1.807) is 18.5 Å². The molecule has 0 bridgehead atoms. The number of nitrogens with zero attached hydrogens (tertiary/aromatic N) is 3. The summed E-state index contributed by atoms with van der Waals surface area (Å²) in [6.45, 7) is 4.82. The maximum Gasteiger partial charge on any atom is 0.337 e. The molecule has 2 rings (SSSR count). The lowest BCUT2D eigenvalue weighted by molar-refractivity contribution is 0.0699. The molecule has 1 heterocycles. The van der Waals surface area contributed by atoms with Crippen LogP contribution in [0, 0.1) is 0 Å². The van der Waals surface area contributed by atoms with Gasteiger partial charge in [0.25, 0.3) is 0 Å². The standard InChI is InChI=1S/C13H17N3O2/c1-3-15(2)7-8-16-9-14-12-10(13(17)18)5-4-6-11(12)16/h4-6,9H,3,7-8H2,1-2H3,(H,17,18). The number of hydrogen-bond donors (Lipinski definition) is 1. The van der Waals surface area contributed by atoms with Crippen LogP contribution in [0.5, 0.6) is 0 Å². The second kappa shape index (κ2) is 5.18. The van der Waals surface area contributed by atoms with E-state index in [4.69, 9.17) is 5.11 Å². The Hall–Kier alpha value is -1.88. The third-order valence-corrected chi connectivity index (χ3v) is 3.14. The zero-order valence-electron chi connectivity index (χ0n) is 10.6. The van der Waals surface area contributed by atoms with Crippen LogP contribution in [0.2, 0.25) is 0 Å². The van der Waals surface area contributed by atoms with Crippen molar-refractivity contribution in [1.29, 1.82) is 0 Å². The average Bonchev–Trinajstić information content (AvgIpc) is 2.78. The summed E-state index contributed by atoms with van der Waals surface area (Å²) in [5, 5.41) is 9.09. The summed E-state index contributed by atoms with van der Waals surface area (Å²) in [5.41, 5.74) is 1.69. The van der Waals surface area contributed by atoms with E-state index >= 15 is 0 Å². The number of fused-ring (bicyclic) bond motifs is 1. The summed E-state index contributed by atoms with van der Waals surface area (Å²) in [6.07, 6.45) is 1.71. The van der Waals surface area contributed by atoms with Crippen molar-refractivity contribution in [2.75, 3.05) is 20.1 Å². The van der Waals surface area contributed by atoms with E-state index in [1.807, 2.05) is 10.6 Å². The van der Waals surface area contributed by atoms with Gasteiger partial charge in [-0.3, -0.25) is 0 Å². The molecule has 1 aromatic heterocycles. The number of rotatable bonds is 5. The summed E-state index contributed by atoms with van der Waals surface area (Å²) in [7, 11) is 2.06. The van der Waals surface area contributed by atoms with E-state index in [9.17, 15) is 4.79 Å². The summed E-state index contributed by atoms with van der Waals surface area (Å²) >= 11 is 0. The first-order valence-corrected chi connectivity index (χ1v) is 5.99. The summed E-state index contributed by atoms with van der Waals surface area (Å²) in [4.78, 5) is 17.5. The number of carboxylic acids is 1. The molecule has 0 aliphatic carbocycles. The fourth-order valence-corrected chi connectivity index (χ4v) is 1.88. The van der Waals surface area contributed by atoms with E-state index < -0.39 is 5.97 Å². The molecule has 2 aromatic rings. The minimum atomic E-state index is -0.934. The van der Waals surface area contributed by atoms with Gasteiger partial charge in [-0.15, -0.1) is 0 Å². The SMILES string of the molecule is CCN(C)CCn1cnc2c(C(=O)O)cccc21. The van der Waals surface area contributed by atoms with Gasteiger partial charge in [0, 0.05) is 13.1 Å². The second-order valence-electron chi connectivity index (χ2n) is 4.31. The van der Waals surface area contributed by atoms with Crippen molar-refractivity contribution in [3.8, 4) is 0 Å². The molecule has 5 nitrogen and oxygen atoms in total. The molecule has 0 saturated carbocycles. The van der Waals surface area contributed by atoms with Crippen LogP contribution >= 0.6 is 0 Å². The van der Waals surface area contributed by atoms with E-state index in [0.29, 0.717) is 5.52 Å². The first kappa shape index (κ1) is 12.6. The van der Waals surface area contributed by atoms with Gasteiger partial charge in [0.2, 0.25) is 0 Å². The summed E-state index contributed by atoms with van der Waals surface area (Å²) in [5.74, 6) is -0.934. The first-order chi connectivity index (χ1) is 8.63. The smallest absolute Gasteiger partial charge is 0.337 e. The molecule has 1 N–H and O–H groups in total. The number of para-hydroxylation sites is 1. The van der Waals surface area contributed by atoms with Crippen LogP contribution in [-0.2, 0) is 6.54 Å². The largest absolute Gasteiger partial charge is 0.478 e. The van der Waals surface area contributed by atoms with Gasteiger partial charge >= 0.3 is 5.97 Å². The monoisotopic (exact) mass is 247 g/mol. The Kier molecular flexibility index (Phi) is 3.62. The van der Waals surface area contributed by atoms with Gasteiger partial charge < -0.3 is 14.6 Å².